The van der Waals surface area contributed by atoms with Crippen LogP contribution in [0.25, 0.3) is 0 Å². The SMILES string of the molecule is CCOC(C)c1nc(CN2CCCC(CNC(=O)C3CCCN3)C2)cs1. The predicted octanol–water partition coefficient (Wildman–Crippen LogP) is 2.32. The topological polar surface area (TPSA) is 66.5 Å². The van der Waals surface area contributed by atoms with E-state index in [0.29, 0.717) is 12.5 Å². The normalized spacial score (nSPS) is 25.3. The number of hydrogen-bond donors (Lipinski definition) is 2. The molecule has 7 heteroatoms. The van der Waals surface area contributed by atoms with Gasteiger partial charge in [-0.05, 0) is 58.5 Å². The third-order valence-electron chi connectivity index (χ3n) is 5.26. The van der Waals surface area contributed by atoms with Gasteiger partial charge in [-0.15, -0.1) is 11.3 Å². The molecule has 3 unspecified atom stereocenters. The highest BCUT2D eigenvalue weighted by Crippen LogP contribution is 2.23. The van der Waals surface area contributed by atoms with E-state index in [1.165, 1.54) is 12.8 Å². The molecule has 3 atom stereocenters. The highest BCUT2D eigenvalue weighted by atomic mass is 32.1. The van der Waals surface area contributed by atoms with Crippen molar-refractivity contribution in [2.75, 3.05) is 32.8 Å². The van der Waals surface area contributed by atoms with E-state index in [1.807, 2.05) is 6.92 Å². The zero-order valence-electron chi connectivity index (χ0n) is 16.0. The number of piperidine rings is 1. The summed E-state index contributed by atoms with van der Waals surface area (Å²) < 4.78 is 5.63. The molecule has 2 saturated heterocycles. The number of thiazole rings is 1. The van der Waals surface area contributed by atoms with Gasteiger partial charge in [-0.1, -0.05) is 0 Å². The second kappa shape index (κ2) is 9.78. The number of nitrogens with zero attached hydrogens (tertiary/aromatic N) is 2. The van der Waals surface area contributed by atoms with Gasteiger partial charge < -0.3 is 15.4 Å². The summed E-state index contributed by atoms with van der Waals surface area (Å²) >= 11 is 1.69. The first kappa shape index (κ1) is 19.7. The molecule has 0 bridgehead atoms. The van der Waals surface area contributed by atoms with Crippen molar-refractivity contribution in [3.8, 4) is 0 Å². The van der Waals surface area contributed by atoms with Gasteiger partial charge in [0.1, 0.15) is 11.1 Å². The Morgan fingerprint density at radius 1 is 1.50 bits per heavy atom. The van der Waals surface area contributed by atoms with Crippen molar-refractivity contribution < 1.29 is 9.53 Å². The molecule has 3 rings (SSSR count). The molecule has 6 nitrogen and oxygen atoms in total. The lowest BCUT2D eigenvalue weighted by Gasteiger charge is -2.32. The van der Waals surface area contributed by atoms with Gasteiger partial charge in [-0.2, -0.15) is 0 Å². The van der Waals surface area contributed by atoms with Crippen LogP contribution < -0.4 is 10.6 Å². The number of aromatic nitrogens is 1. The Morgan fingerprint density at radius 3 is 3.15 bits per heavy atom. The Kier molecular flexibility index (Phi) is 7.42. The third kappa shape index (κ3) is 5.49. The molecule has 1 amide bonds. The predicted molar refractivity (Wildman–Crippen MR) is 104 cm³/mol. The fraction of sp³-hybridized carbons (Fsp3) is 0.789. The summed E-state index contributed by atoms with van der Waals surface area (Å²) in [6, 6.07) is 0.0236. The van der Waals surface area contributed by atoms with E-state index in [4.69, 9.17) is 9.72 Å². The molecule has 0 saturated carbocycles. The molecule has 0 radical (unpaired) electrons. The maximum absolute atomic E-state index is 12.2. The first-order chi connectivity index (χ1) is 12.7. The number of carbonyl (C=O) groups excluding carboxylic acids is 1. The van der Waals surface area contributed by atoms with Gasteiger partial charge >= 0.3 is 0 Å². The maximum Gasteiger partial charge on any atom is 0.237 e. The number of carbonyl (C=O) groups is 1. The molecule has 2 aliphatic rings. The largest absolute Gasteiger partial charge is 0.372 e. The molecule has 0 aliphatic carbocycles. The summed E-state index contributed by atoms with van der Waals surface area (Å²) in [6.07, 6.45) is 4.53. The van der Waals surface area contributed by atoms with E-state index in [0.717, 1.165) is 56.3 Å². The summed E-state index contributed by atoms with van der Waals surface area (Å²) in [7, 11) is 0. The average molecular weight is 381 g/mol. The minimum absolute atomic E-state index is 0.0236. The molecule has 2 aliphatic heterocycles. The lowest BCUT2D eigenvalue weighted by molar-refractivity contribution is -0.123. The van der Waals surface area contributed by atoms with E-state index in [9.17, 15) is 4.79 Å². The van der Waals surface area contributed by atoms with E-state index in [2.05, 4.69) is 27.8 Å². The summed E-state index contributed by atoms with van der Waals surface area (Å²) in [5.41, 5.74) is 1.14. The Morgan fingerprint density at radius 2 is 2.38 bits per heavy atom. The molecule has 3 heterocycles. The third-order valence-corrected chi connectivity index (χ3v) is 6.32. The van der Waals surface area contributed by atoms with Crippen LogP contribution in [0.1, 0.15) is 56.3 Å². The van der Waals surface area contributed by atoms with Crippen molar-refractivity contribution in [2.45, 2.75) is 58.2 Å². The average Bonchev–Trinajstić information content (AvgIpc) is 3.32. The monoisotopic (exact) mass is 380 g/mol. The second-order valence-electron chi connectivity index (χ2n) is 7.41. The molecule has 1 aromatic rings. The van der Waals surface area contributed by atoms with Crippen LogP contribution in [0.2, 0.25) is 0 Å². The smallest absolute Gasteiger partial charge is 0.237 e. The van der Waals surface area contributed by atoms with Gasteiger partial charge in [-0.3, -0.25) is 9.69 Å². The molecular weight excluding hydrogens is 348 g/mol. The molecule has 0 spiro atoms. The molecule has 1 aromatic heterocycles. The molecule has 0 aromatic carbocycles. The summed E-state index contributed by atoms with van der Waals surface area (Å²) in [5.74, 6) is 0.711. The fourth-order valence-electron chi connectivity index (χ4n) is 3.87. The minimum Gasteiger partial charge on any atom is -0.372 e. The summed E-state index contributed by atoms with van der Waals surface area (Å²) in [4.78, 5) is 19.4. The highest BCUT2D eigenvalue weighted by molar-refractivity contribution is 7.09. The Labute approximate surface area is 160 Å². The van der Waals surface area contributed by atoms with Crippen LogP contribution in [0.5, 0.6) is 0 Å². The first-order valence-electron chi connectivity index (χ1n) is 9.95. The van der Waals surface area contributed by atoms with Crippen molar-refractivity contribution in [1.82, 2.24) is 20.5 Å². The van der Waals surface area contributed by atoms with Crippen LogP contribution in [-0.2, 0) is 16.1 Å². The Bertz CT molecular complexity index is 574. The zero-order valence-corrected chi connectivity index (χ0v) is 16.8. The van der Waals surface area contributed by atoms with Crippen molar-refractivity contribution in [1.29, 1.82) is 0 Å². The number of nitrogens with one attached hydrogen (secondary N) is 2. The lowest BCUT2D eigenvalue weighted by atomic mass is 9.97. The van der Waals surface area contributed by atoms with Crippen molar-refractivity contribution in [3.05, 3.63) is 16.1 Å². The van der Waals surface area contributed by atoms with Gasteiger partial charge in [0, 0.05) is 31.6 Å². The molecular formula is C19H32N4O2S. The quantitative estimate of drug-likeness (QED) is 0.725. The van der Waals surface area contributed by atoms with Gasteiger partial charge in [0.05, 0.1) is 11.7 Å². The molecule has 26 heavy (non-hydrogen) atoms. The van der Waals surface area contributed by atoms with Crippen molar-refractivity contribution >= 4 is 17.2 Å². The molecule has 2 N–H and O–H groups in total. The fourth-order valence-corrected chi connectivity index (χ4v) is 4.68. The van der Waals surface area contributed by atoms with Crippen LogP contribution in [0.4, 0.5) is 0 Å². The maximum atomic E-state index is 12.2. The standard InChI is InChI=1S/C19H32N4O2S/c1-3-25-14(2)19-22-16(13-26-19)12-23-9-5-6-15(11-23)10-21-18(24)17-7-4-8-20-17/h13-15,17,20H,3-12H2,1-2H3,(H,21,24). The molecule has 2 fully saturated rings. The van der Waals surface area contributed by atoms with Crippen molar-refractivity contribution in [3.63, 3.8) is 0 Å². The van der Waals surface area contributed by atoms with Crippen LogP contribution in [0, 0.1) is 5.92 Å². The minimum atomic E-state index is 0.0236. The van der Waals surface area contributed by atoms with Gasteiger partial charge in [0.15, 0.2) is 0 Å². The molecule has 146 valence electrons. The van der Waals surface area contributed by atoms with Gasteiger partial charge in [0.2, 0.25) is 5.91 Å². The van der Waals surface area contributed by atoms with Crippen LogP contribution in [0.15, 0.2) is 5.38 Å². The number of ether oxygens (including phenoxy) is 1. The lowest BCUT2D eigenvalue weighted by Crippen LogP contribution is -2.45. The number of amides is 1. The highest BCUT2D eigenvalue weighted by Gasteiger charge is 2.25. The van der Waals surface area contributed by atoms with Crippen LogP contribution in [-0.4, -0.2) is 54.6 Å². The zero-order chi connectivity index (χ0) is 18.4. The van der Waals surface area contributed by atoms with Crippen LogP contribution in [0.3, 0.4) is 0 Å². The van der Waals surface area contributed by atoms with E-state index >= 15 is 0 Å². The van der Waals surface area contributed by atoms with E-state index in [-0.39, 0.29) is 18.1 Å². The number of hydrogen-bond acceptors (Lipinski definition) is 6. The summed E-state index contributed by atoms with van der Waals surface area (Å²) in [6.45, 7) is 9.58. The second-order valence-corrected chi connectivity index (χ2v) is 8.30. The number of rotatable bonds is 8. The first-order valence-corrected chi connectivity index (χ1v) is 10.8. The van der Waals surface area contributed by atoms with Gasteiger partial charge in [0.25, 0.3) is 0 Å². The number of likely N-dealkylation sites (tertiary alicyclic amines) is 1. The van der Waals surface area contributed by atoms with Gasteiger partial charge in [-0.25, -0.2) is 4.98 Å². The van der Waals surface area contributed by atoms with Crippen LogP contribution >= 0.6 is 11.3 Å². The summed E-state index contributed by atoms with van der Waals surface area (Å²) in [5, 5.41) is 9.64. The van der Waals surface area contributed by atoms with E-state index in [1.54, 1.807) is 11.3 Å². The Balaban J connectivity index is 1.44. The van der Waals surface area contributed by atoms with Crippen molar-refractivity contribution in [2.24, 2.45) is 5.92 Å². The Hall–Kier alpha value is -1.02. The van der Waals surface area contributed by atoms with E-state index < -0.39 is 0 Å².